The van der Waals surface area contributed by atoms with E-state index >= 15 is 0 Å². The summed E-state index contributed by atoms with van der Waals surface area (Å²) in [4.78, 5) is 27.9. The molecule has 2 aliphatic rings. The lowest BCUT2D eigenvalue weighted by molar-refractivity contribution is -0.142. The third-order valence-electron chi connectivity index (χ3n) is 3.87. The van der Waals surface area contributed by atoms with Gasteiger partial charge in [0.05, 0.1) is 0 Å². The smallest absolute Gasteiger partial charge is 0.289 e. The first-order valence-electron chi connectivity index (χ1n) is 7.10. The molecule has 1 atom stereocenters. The summed E-state index contributed by atoms with van der Waals surface area (Å²) in [5, 5.41) is 0.200. The maximum atomic E-state index is 12.2. The molecular formula is C14H17ClN2O4. The Morgan fingerprint density at radius 1 is 1.14 bits per heavy atom. The molecule has 7 heteroatoms. The van der Waals surface area contributed by atoms with E-state index in [1.54, 1.807) is 21.9 Å². The first-order valence-corrected chi connectivity index (χ1v) is 7.48. The van der Waals surface area contributed by atoms with Gasteiger partial charge >= 0.3 is 0 Å². The number of rotatable bonds is 2. The van der Waals surface area contributed by atoms with Gasteiger partial charge in [-0.2, -0.15) is 0 Å². The molecule has 0 aromatic carbocycles. The summed E-state index contributed by atoms with van der Waals surface area (Å²) in [7, 11) is 0. The van der Waals surface area contributed by atoms with Gasteiger partial charge in [0.25, 0.3) is 11.8 Å². The van der Waals surface area contributed by atoms with E-state index in [0.717, 1.165) is 12.8 Å². The number of halogens is 1. The lowest BCUT2D eigenvalue weighted by Crippen LogP contribution is -2.52. The van der Waals surface area contributed by atoms with Crippen LogP contribution in [0.4, 0.5) is 0 Å². The van der Waals surface area contributed by atoms with Crippen LogP contribution in [-0.2, 0) is 9.53 Å². The molecule has 0 saturated carbocycles. The normalized spacial score (nSPS) is 22.6. The number of hydrogen-bond acceptors (Lipinski definition) is 4. The van der Waals surface area contributed by atoms with Crippen LogP contribution in [0.5, 0.6) is 0 Å². The zero-order chi connectivity index (χ0) is 14.8. The molecule has 1 aromatic rings. The number of furan rings is 1. The quantitative estimate of drug-likeness (QED) is 0.828. The molecular weight excluding hydrogens is 296 g/mol. The van der Waals surface area contributed by atoms with Gasteiger partial charge in [-0.1, -0.05) is 0 Å². The van der Waals surface area contributed by atoms with E-state index < -0.39 is 0 Å². The average molecular weight is 313 g/mol. The molecule has 3 rings (SSSR count). The lowest BCUT2D eigenvalue weighted by atomic mass is 10.2. The molecule has 0 radical (unpaired) electrons. The summed E-state index contributed by atoms with van der Waals surface area (Å²) in [6.07, 6.45) is 1.44. The first kappa shape index (κ1) is 14.4. The third-order valence-corrected chi connectivity index (χ3v) is 4.07. The SMILES string of the molecule is O=C(c1ccc(Cl)o1)N1CCN(C(=O)C2CCCO2)CC1. The van der Waals surface area contributed by atoms with Crippen molar-refractivity contribution in [1.29, 1.82) is 0 Å². The van der Waals surface area contributed by atoms with Crippen molar-refractivity contribution in [2.24, 2.45) is 0 Å². The molecule has 0 bridgehead atoms. The average Bonchev–Trinajstić information content (AvgIpc) is 3.17. The predicted molar refractivity (Wildman–Crippen MR) is 75.2 cm³/mol. The van der Waals surface area contributed by atoms with Gasteiger partial charge in [0, 0.05) is 32.8 Å². The number of carbonyl (C=O) groups excluding carboxylic acids is 2. The van der Waals surface area contributed by atoms with Crippen molar-refractivity contribution >= 4 is 23.4 Å². The van der Waals surface area contributed by atoms with Crippen molar-refractivity contribution in [1.82, 2.24) is 9.80 Å². The first-order chi connectivity index (χ1) is 10.1. The molecule has 0 spiro atoms. The molecule has 3 heterocycles. The van der Waals surface area contributed by atoms with Crippen LogP contribution in [0.15, 0.2) is 16.5 Å². The number of nitrogens with zero attached hydrogens (tertiary/aromatic N) is 2. The van der Waals surface area contributed by atoms with Crippen LogP contribution in [-0.4, -0.2) is 60.5 Å². The van der Waals surface area contributed by atoms with E-state index in [4.69, 9.17) is 20.8 Å². The van der Waals surface area contributed by atoms with Gasteiger partial charge < -0.3 is 19.0 Å². The number of piperazine rings is 1. The Morgan fingerprint density at radius 2 is 1.86 bits per heavy atom. The number of amides is 2. The largest absolute Gasteiger partial charge is 0.440 e. The summed E-state index contributed by atoms with van der Waals surface area (Å²) >= 11 is 5.68. The van der Waals surface area contributed by atoms with E-state index in [-0.39, 0.29) is 28.9 Å². The monoisotopic (exact) mass is 312 g/mol. The Kier molecular flexibility index (Phi) is 4.17. The Balaban J connectivity index is 1.55. The van der Waals surface area contributed by atoms with E-state index in [1.807, 2.05) is 0 Å². The summed E-state index contributed by atoms with van der Waals surface area (Å²) in [5.41, 5.74) is 0. The van der Waals surface area contributed by atoms with Crippen molar-refractivity contribution in [2.45, 2.75) is 18.9 Å². The molecule has 0 aliphatic carbocycles. The summed E-state index contributed by atoms with van der Waals surface area (Å²) < 4.78 is 10.5. The minimum atomic E-state index is -0.295. The van der Waals surface area contributed by atoms with Crippen molar-refractivity contribution in [3.05, 3.63) is 23.1 Å². The van der Waals surface area contributed by atoms with Gasteiger partial charge in [0.2, 0.25) is 0 Å². The Labute approximate surface area is 127 Å². The van der Waals surface area contributed by atoms with Crippen molar-refractivity contribution in [3.63, 3.8) is 0 Å². The fourth-order valence-corrected chi connectivity index (χ4v) is 2.84. The van der Waals surface area contributed by atoms with Gasteiger partial charge in [0.1, 0.15) is 6.10 Å². The second-order valence-corrected chi connectivity index (χ2v) is 5.60. The zero-order valence-corrected chi connectivity index (χ0v) is 12.3. The minimum absolute atomic E-state index is 0.0423. The van der Waals surface area contributed by atoms with Crippen LogP contribution >= 0.6 is 11.6 Å². The second-order valence-electron chi connectivity index (χ2n) is 5.22. The van der Waals surface area contributed by atoms with Crippen LogP contribution in [0.3, 0.4) is 0 Å². The van der Waals surface area contributed by atoms with Gasteiger partial charge in [-0.05, 0) is 36.6 Å². The third kappa shape index (κ3) is 3.06. The highest BCUT2D eigenvalue weighted by atomic mass is 35.5. The zero-order valence-electron chi connectivity index (χ0n) is 11.6. The predicted octanol–water partition coefficient (Wildman–Crippen LogP) is 1.40. The topological polar surface area (TPSA) is 63.0 Å². The number of ether oxygens (including phenoxy) is 1. The van der Waals surface area contributed by atoms with E-state index in [2.05, 4.69) is 0 Å². The summed E-state index contributed by atoms with van der Waals surface area (Å²) in [6, 6.07) is 3.11. The number of carbonyl (C=O) groups is 2. The van der Waals surface area contributed by atoms with E-state index in [9.17, 15) is 9.59 Å². The van der Waals surface area contributed by atoms with Crippen molar-refractivity contribution in [2.75, 3.05) is 32.8 Å². The van der Waals surface area contributed by atoms with Gasteiger partial charge in [-0.25, -0.2) is 0 Å². The van der Waals surface area contributed by atoms with Crippen LogP contribution in [0, 0.1) is 0 Å². The van der Waals surface area contributed by atoms with Crippen molar-refractivity contribution in [3.8, 4) is 0 Å². The van der Waals surface area contributed by atoms with Gasteiger partial charge in [-0.15, -0.1) is 0 Å². The Hall–Kier alpha value is -1.53. The lowest BCUT2D eigenvalue weighted by Gasteiger charge is -2.35. The molecule has 1 aromatic heterocycles. The fourth-order valence-electron chi connectivity index (χ4n) is 2.69. The number of hydrogen-bond donors (Lipinski definition) is 0. The highest BCUT2D eigenvalue weighted by Gasteiger charge is 2.32. The minimum Gasteiger partial charge on any atom is -0.440 e. The molecule has 6 nitrogen and oxygen atoms in total. The molecule has 2 saturated heterocycles. The van der Waals surface area contributed by atoms with Gasteiger partial charge in [-0.3, -0.25) is 9.59 Å². The summed E-state index contributed by atoms with van der Waals surface area (Å²) in [6.45, 7) is 2.71. The van der Waals surface area contributed by atoms with Crippen molar-refractivity contribution < 1.29 is 18.7 Å². The van der Waals surface area contributed by atoms with Crippen LogP contribution in [0.1, 0.15) is 23.4 Å². The maximum absolute atomic E-state index is 12.2. The standard InChI is InChI=1S/C14H17ClN2O4/c15-12-4-3-11(21-12)14(19)17-7-5-16(6-8-17)13(18)10-2-1-9-20-10/h3-4,10H,1-2,5-9H2. The second kappa shape index (κ2) is 6.07. The Bertz CT molecular complexity index is 531. The molecule has 1 unspecified atom stereocenters. The molecule has 21 heavy (non-hydrogen) atoms. The molecule has 2 amide bonds. The maximum Gasteiger partial charge on any atom is 0.289 e. The van der Waals surface area contributed by atoms with Crippen LogP contribution < -0.4 is 0 Å². The molecule has 2 aliphatic heterocycles. The summed E-state index contributed by atoms with van der Waals surface area (Å²) in [5.74, 6) is 0.0886. The van der Waals surface area contributed by atoms with Gasteiger partial charge in [0.15, 0.2) is 11.0 Å². The fraction of sp³-hybridized carbons (Fsp3) is 0.571. The van der Waals surface area contributed by atoms with Crippen LogP contribution in [0.25, 0.3) is 0 Å². The van der Waals surface area contributed by atoms with Crippen LogP contribution in [0.2, 0.25) is 5.22 Å². The van der Waals surface area contributed by atoms with E-state index in [1.165, 1.54) is 0 Å². The highest BCUT2D eigenvalue weighted by molar-refractivity contribution is 6.29. The molecule has 114 valence electrons. The van der Waals surface area contributed by atoms with E-state index in [0.29, 0.717) is 32.8 Å². The highest BCUT2D eigenvalue weighted by Crippen LogP contribution is 2.18. The Morgan fingerprint density at radius 3 is 2.43 bits per heavy atom. The molecule has 2 fully saturated rings. The molecule has 0 N–H and O–H groups in total.